The molecule has 14 heavy (non-hydrogen) atoms. The summed E-state index contributed by atoms with van der Waals surface area (Å²) in [5.74, 6) is -0.742. The fraction of sp³-hybridized carbons (Fsp3) is 0.750. The van der Waals surface area contributed by atoms with Crippen molar-refractivity contribution >= 4 is 23.6 Å². The maximum absolute atomic E-state index is 11.1. The van der Waals surface area contributed by atoms with Crippen LogP contribution in [0.5, 0.6) is 0 Å². The topological polar surface area (TPSA) is 86.6 Å². The molecule has 0 aliphatic heterocycles. The summed E-state index contributed by atoms with van der Waals surface area (Å²) in [4.78, 5) is 21.7. The molecule has 0 spiro atoms. The molecule has 82 valence electrons. The van der Waals surface area contributed by atoms with Crippen LogP contribution >= 0.6 is 11.8 Å². The highest BCUT2D eigenvalue weighted by Gasteiger charge is 2.18. The summed E-state index contributed by atoms with van der Waals surface area (Å²) in [6.07, 6.45) is 2.21. The highest BCUT2D eigenvalue weighted by Crippen LogP contribution is 1.97. The van der Waals surface area contributed by atoms with Gasteiger partial charge in [0.05, 0.1) is 0 Å². The maximum atomic E-state index is 11.1. The van der Waals surface area contributed by atoms with Crippen molar-refractivity contribution in [2.45, 2.75) is 18.9 Å². The SMILES string of the molecule is CSCCC(=O)N[C@@H](CCO)C(=O)O. The summed E-state index contributed by atoms with van der Waals surface area (Å²) in [6, 6.07) is -0.977. The van der Waals surface area contributed by atoms with Crippen molar-refractivity contribution in [1.29, 1.82) is 0 Å². The molecule has 0 unspecified atom stereocenters. The van der Waals surface area contributed by atoms with E-state index in [0.717, 1.165) is 0 Å². The van der Waals surface area contributed by atoms with Gasteiger partial charge in [-0.1, -0.05) is 0 Å². The average molecular weight is 221 g/mol. The Bertz CT molecular complexity index is 198. The van der Waals surface area contributed by atoms with Gasteiger partial charge in [-0.2, -0.15) is 11.8 Å². The number of carbonyl (C=O) groups excluding carboxylic acids is 1. The number of hydrogen-bond donors (Lipinski definition) is 3. The summed E-state index contributed by atoms with van der Waals surface area (Å²) in [7, 11) is 0. The Labute approximate surface area is 86.9 Å². The van der Waals surface area contributed by atoms with E-state index in [9.17, 15) is 9.59 Å². The van der Waals surface area contributed by atoms with Crippen molar-refractivity contribution in [3.8, 4) is 0 Å². The molecule has 6 heteroatoms. The van der Waals surface area contributed by atoms with Crippen LogP contribution in [0.25, 0.3) is 0 Å². The van der Waals surface area contributed by atoms with Gasteiger partial charge in [0.15, 0.2) is 0 Å². The molecule has 0 aliphatic rings. The number of carboxylic acids is 1. The zero-order chi connectivity index (χ0) is 11.0. The summed E-state index contributed by atoms with van der Waals surface area (Å²) < 4.78 is 0. The van der Waals surface area contributed by atoms with Crippen LogP contribution in [-0.2, 0) is 9.59 Å². The minimum Gasteiger partial charge on any atom is -0.480 e. The van der Waals surface area contributed by atoms with Crippen LogP contribution in [0.1, 0.15) is 12.8 Å². The van der Waals surface area contributed by atoms with Gasteiger partial charge in [0.1, 0.15) is 6.04 Å². The Hall–Kier alpha value is -0.750. The third kappa shape index (κ3) is 5.82. The van der Waals surface area contributed by atoms with Crippen LogP contribution in [0.15, 0.2) is 0 Å². The van der Waals surface area contributed by atoms with Gasteiger partial charge in [-0.25, -0.2) is 4.79 Å². The number of rotatable bonds is 7. The second-order valence-electron chi connectivity index (χ2n) is 2.71. The molecule has 1 amide bonds. The third-order valence-corrected chi connectivity index (χ3v) is 2.20. The van der Waals surface area contributed by atoms with E-state index in [1.807, 2.05) is 6.26 Å². The zero-order valence-electron chi connectivity index (χ0n) is 8.02. The Morgan fingerprint density at radius 3 is 2.57 bits per heavy atom. The van der Waals surface area contributed by atoms with E-state index in [1.54, 1.807) is 0 Å². The first kappa shape index (κ1) is 13.2. The number of hydrogen-bond acceptors (Lipinski definition) is 4. The van der Waals surface area contributed by atoms with Gasteiger partial charge in [-0.3, -0.25) is 4.79 Å². The van der Waals surface area contributed by atoms with Gasteiger partial charge < -0.3 is 15.5 Å². The molecule has 0 saturated carbocycles. The van der Waals surface area contributed by atoms with Crippen LogP contribution in [0.4, 0.5) is 0 Å². The molecule has 0 aliphatic carbocycles. The molecule has 3 N–H and O–H groups in total. The van der Waals surface area contributed by atoms with Crippen LogP contribution in [0, 0.1) is 0 Å². The predicted molar refractivity (Wildman–Crippen MR) is 54.3 cm³/mol. The van der Waals surface area contributed by atoms with E-state index in [4.69, 9.17) is 10.2 Å². The molecule has 0 aromatic rings. The standard InChI is InChI=1S/C8H15NO4S/c1-14-5-3-7(11)9-6(2-4-10)8(12)13/h6,10H,2-5H2,1H3,(H,9,11)(H,12,13)/t6-/m0/s1. The summed E-state index contributed by atoms with van der Waals surface area (Å²) in [5.41, 5.74) is 0. The van der Waals surface area contributed by atoms with Gasteiger partial charge in [0.25, 0.3) is 0 Å². The van der Waals surface area contributed by atoms with E-state index < -0.39 is 12.0 Å². The zero-order valence-corrected chi connectivity index (χ0v) is 8.84. The van der Waals surface area contributed by atoms with Crippen LogP contribution in [0.3, 0.4) is 0 Å². The van der Waals surface area contributed by atoms with E-state index in [-0.39, 0.29) is 18.9 Å². The van der Waals surface area contributed by atoms with Crippen molar-refractivity contribution in [2.24, 2.45) is 0 Å². The molecular weight excluding hydrogens is 206 g/mol. The van der Waals surface area contributed by atoms with Gasteiger partial charge in [0, 0.05) is 25.2 Å². The fourth-order valence-electron chi connectivity index (χ4n) is 0.848. The summed E-state index contributed by atoms with van der Waals surface area (Å²) >= 11 is 1.52. The molecule has 0 aromatic heterocycles. The lowest BCUT2D eigenvalue weighted by Gasteiger charge is -2.12. The first-order valence-electron chi connectivity index (χ1n) is 4.23. The average Bonchev–Trinajstić information content (AvgIpc) is 2.14. The van der Waals surface area contributed by atoms with Gasteiger partial charge in [-0.15, -0.1) is 0 Å². The predicted octanol–water partition coefficient (Wildman–Crippen LogP) is -0.309. The number of aliphatic hydroxyl groups excluding tert-OH is 1. The minimum absolute atomic E-state index is 0.0420. The van der Waals surface area contributed by atoms with Gasteiger partial charge >= 0.3 is 5.97 Å². The lowest BCUT2D eigenvalue weighted by molar-refractivity contribution is -0.142. The van der Waals surface area contributed by atoms with Crippen molar-refractivity contribution in [3.63, 3.8) is 0 Å². The monoisotopic (exact) mass is 221 g/mol. The molecule has 0 rings (SSSR count). The van der Waals surface area contributed by atoms with E-state index in [1.165, 1.54) is 11.8 Å². The molecule has 0 radical (unpaired) electrons. The number of carbonyl (C=O) groups is 2. The van der Waals surface area contributed by atoms with E-state index in [0.29, 0.717) is 12.2 Å². The lowest BCUT2D eigenvalue weighted by Crippen LogP contribution is -2.41. The van der Waals surface area contributed by atoms with Crippen molar-refractivity contribution in [2.75, 3.05) is 18.6 Å². The van der Waals surface area contributed by atoms with Crippen LogP contribution in [-0.4, -0.2) is 46.7 Å². The van der Waals surface area contributed by atoms with Crippen molar-refractivity contribution in [3.05, 3.63) is 0 Å². The third-order valence-electron chi connectivity index (χ3n) is 1.58. The first-order valence-corrected chi connectivity index (χ1v) is 5.63. The maximum Gasteiger partial charge on any atom is 0.326 e. The van der Waals surface area contributed by atoms with Crippen molar-refractivity contribution < 1.29 is 19.8 Å². The molecule has 0 fully saturated rings. The molecule has 0 heterocycles. The Kier molecular flexibility index (Phi) is 7.23. The van der Waals surface area contributed by atoms with Crippen molar-refractivity contribution in [1.82, 2.24) is 5.32 Å². The molecule has 0 bridgehead atoms. The van der Waals surface area contributed by atoms with Crippen LogP contribution < -0.4 is 5.32 Å². The van der Waals surface area contributed by atoms with Crippen LogP contribution in [0.2, 0.25) is 0 Å². The Morgan fingerprint density at radius 1 is 1.50 bits per heavy atom. The van der Waals surface area contributed by atoms with Gasteiger partial charge in [0.2, 0.25) is 5.91 Å². The first-order chi connectivity index (χ1) is 6.61. The van der Waals surface area contributed by atoms with E-state index in [2.05, 4.69) is 5.32 Å². The number of nitrogens with one attached hydrogen (secondary N) is 1. The van der Waals surface area contributed by atoms with E-state index >= 15 is 0 Å². The number of amides is 1. The normalized spacial score (nSPS) is 12.1. The summed E-state index contributed by atoms with van der Waals surface area (Å²) in [6.45, 7) is -0.250. The Morgan fingerprint density at radius 2 is 2.14 bits per heavy atom. The molecular formula is C8H15NO4S. The minimum atomic E-state index is -1.11. The highest BCUT2D eigenvalue weighted by atomic mass is 32.2. The molecule has 1 atom stereocenters. The largest absolute Gasteiger partial charge is 0.480 e. The lowest BCUT2D eigenvalue weighted by atomic mass is 10.2. The summed E-state index contributed by atoms with van der Waals surface area (Å²) in [5, 5.41) is 19.5. The second-order valence-corrected chi connectivity index (χ2v) is 3.70. The number of thioether (sulfide) groups is 1. The van der Waals surface area contributed by atoms with Gasteiger partial charge in [-0.05, 0) is 6.26 Å². The second kappa shape index (κ2) is 7.64. The number of aliphatic hydroxyl groups is 1. The fourth-order valence-corrected chi connectivity index (χ4v) is 1.24. The molecule has 5 nitrogen and oxygen atoms in total. The number of aliphatic carboxylic acids is 1. The quantitative estimate of drug-likeness (QED) is 0.549. The molecule has 0 aromatic carbocycles. The highest BCUT2D eigenvalue weighted by molar-refractivity contribution is 7.98. The number of carboxylic acid groups (broad SMARTS) is 1. The smallest absolute Gasteiger partial charge is 0.326 e. The molecule has 0 saturated heterocycles. The Balaban J connectivity index is 3.90.